The topological polar surface area (TPSA) is 88.2 Å². The van der Waals surface area contributed by atoms with Crippen molar-refractivity contribution in [3.05, 3.63) is 21.9 Å². The molecule has 0 fully saturated rings. The zero-order chi connectivity index (χ0) is 17.3. The Morgan fingerprint density at radius 2 is 1.91 bits per heavy atom. The summed E-state index contributed by atoms with van der Waals surface area (Å²) in [5.41, 5.74) is 2.64. The van der Waals surface area contributed by atoms with E-state index in [9.17, 15) is 31.1 Å². The summed E-state index contributed by atoms with van der Waals surface area (Å²) in [5.74, 6) is -1.25. The first kappa shape index (κ1) is 18.5. The minimum absolute atomic E-state index is 0.423. The molecule has 12 heteroatoms. The van der Waals surface area contributed by atoms with Gasteiger partial charge in [0.1, 0.15) is 4.60 Å². The van der Waals surface area contributed by atoms with E-state index >= 15 is 0 Å². The number of carbonyl (C=O) groups is 1. The molecule has 1 rings (SSSR count). The fraction of sp³-hybridized carbons (Fsp3) is 0.400. The Morgan fingerprint density at radius 1 is 1.36 bits per heavy atom. The Morgan fingerprint density at radius 3 is 2.36 bits per heavy atom. The van der Waals surface area contributed by atoms with Crippen molar-refractivity contribution in [2.45, 2.75) is 18.5 Å². The number of hydrogen-bond donors (Lipinski definition) is 3. The number of nitrogens with one attached hydrogen (secondary N) is 1. The highest BCUT2D eigenvalue weighted by Crippen LogP contribution is 2.35. The molecule has 0 radical (unpaired) electrons. The molecule has 1 amide bonds. The molecule has 0 aliphatic carbocycles. The normalized spacial score (nSPS) is 13.8. The van der Waals surface area contributed by atoms with Crippen molar-refractivity contribution in [2.24, 2.45) is 0 Å². The van der Waals surface area contributed by atoms with Gasteiger partial charge in [0.05, 0.1) is 17.8 Å². The maximum atomic E-state index is 12.6. The van der Waals surface area contributed by atoms with Crippen LogP contribution in [0.3, 0.4) is 0 Å². The number of nitrogens with zero attached hydrogens (tertiary/aromatic N) is 1. The third-order valence-corrected chi connectivity index (χ3v) is 2.96. The van der Waals surface area contributed by atoms with Crippen molar-refractivity contribution < 1.29 is 36.2 Å². The molecular formula is C10H8BrF6N3O2. The van der Waals surface area contributed by atoms with E-state index in [1.165, 1.54) is 0 Å². The monoisotopic (exact) mass is 395 g/mol. The third kappa shape index (κ3) is 4.47. The van der Waals surface area contributed by atoms with Gasteiger partial charge >= 0.3 is 12.4 Å². The second kappa shape index (κ2) is 6.28. The van der Waals surface area contributed by atoms with Crippen LogP contribution in [0.25, 0.3) is 0 Å². The van der Waals surface area contributed by atoms with Crippen molar-refractivity contribution in [3.63, 3.8) is 0 Å². The summed E-state index contributed by atoms with van der Waals surface area (Å²) in [6.45, 7) is -1.19. The van der Waals surface area contributed by atoms with E-state index in [2.05, 4.69) is 20.9 Å². The van der Waals surface area contributed by atoms with Gasteiger partial charge in [-0.25, -0.2) is 4.98 Å². The Kier molecular flexibility index (Phi) is 5.28. The van der Waals surface area contributed by atoms with Gasteiger partial charge in [-0.05, 0) is 22.0 Å². The summed E-state index contributed by atoms with van der Waals surface area (Å²) in [4.78, 5) is 14.9. The van der Waals surface area contributed by atoms with Crippen molar-refractivity contribution in [2.75, 3.05) is 12.3 Å². The number of halogens is 7. The molecule has 0 saturated heterocycles. The summed E-state index contributed by atoms with van der Waals surface area (Å²) in [7, 11) is 0. The Bertz CT molecular complexity index is 575. The molecule has 0 aliphatic heterocycles. The van der Waals surface area contributed by atoms with E-state index < -0.39 is 52.5 Å². The zero-order valence-electron chi connectivity index (χ0n) is 10.4. The van der Waals surface area contributed by atoms with Crippen molar-refractivity contribution in [1.29, 1.82) is 0 Å². The molecule has 0 saturated carbocycles. The number of aliphatic hydroxyl groups is 1. The molecule has 1 aromatic heterocycles. The molecule has 0 unspecified atom stereocenters. The van der Waals surface area contributed by atoms with Crippen molar-refractivity contribution >= 4 is 27.5 Å². The second-order valence-electron chi connectivity index (χ2n) is 4.03. The number of alkyl halides is 6. The van der Waals surface area contributed by atoms with Crippen LogP contribution in [0.2, 0.25) is 0 Å². The van der Waals surface area contributed by atoms with E-state index in [0.29, 0.717) is 6.07 Å². The van der Waals surface area contributed by atoms with E-state index in [4.69, 9.17) is 10.8 Å². The van der Waals surface area contributed by atoms with Gasteiger partial charge in [-0.15, -0.1) is 0 Å². The maximum Gasteiger partial charge on any atom is 0.419 e. The van der Waals surface area contributed by atoms with Crippen LogP contribution in [0.1, 0.15) is 16.1 Å². The summed E-state index contributed by atoms with van der Waals surface area (Å²) >= 11 is 2.50. The van der Waals surface area contributed by atoms with Crippen LogP contribution < -0.4 is 11.1 Å². The minimum atomic E-state index is -4.95. The smallest absolute Gasteiger partial charge is 0.397 e. The Hall–Kier alpha value is -1.56. The maximum absolute atomic E-state index is 12.6. The zero-order valence-corrected chi connectivity index (χ0v) is 12.0. The Balaban J connectivity index is 2.94. The number of rotatable bonds is 3. The molecular weight excluding hydrogens is 388 g/mol. The summed E-state index contributed by atoms with van der Waals surface area (Å²) in [5, 5.41) is 10.4. The van der Waals surface area contributed by atoms with Crippen molar-refractivity contribution in [3.8, 4) is 0 Å². The first-order valence-corrected chi connectivity index (χ1v) is 6.19. The lowest BCUT2D eigenvalue weighted by Crippen LogP contribution is -2.41. The largest absolute Gasteiger partial charge is 0.419 e. The number of aliphatic hydroxyl groups excluding tert-OH is 1. The summed E-state index contributed by atoms with van der Waals surface area (Å²) < 4.78 is 73.1. The van der Waals surface area contributed by atoms with Gasteiger partial charge in [-0.1, -0.05) is 0 Å². The second-order valence-corrected chi connectivity index (χ2v) is 4.78. The third-order valence-electron chi connectivity index (χ3n) is 2.36. The Labute approximate surface area is 127 Å². The van der Waals surface area contributed by atoms with Gasteiger partial charge in [0.15, 0.2) is 11.8 Å². The lowest BCUT2D eigenvalue weighted by atomic mass is 10.2. The van der Waals surface area contributed by atoms with Gasteiger partial charge in [0.25, 0.3) is 5.91 Å². The number of nitrogens with two attached hydrogens (primary N) is 1. The van der Waals surface area contributed by atoms with Gasteiger partial charge < -0.3 is 16.2 Å². The molecule has 0 bridgehead atoms. The van der Waals surface area contributed by atoms with Crippen LogP contribution in [-0.2, 0) is 6.18 Å². The van der Waals surface area contributed by atoms with Gasteiger partial charge in [0, 0.05) is 0 Å². The standard InChI is InChI=1S/C10H8BrF6N3O2/c11-7-3(9(12,13)14)1-4(18)6(20-7)8(22)19-2-5(21)10(15,16)17/h1,5,21H,2,18H2,(H,19,22)/t5-/m1/s1. The highest BCUT2D eigenvalue weighted by molar-refractivity contribution is 9.10. The molecule has 0 aliphatic rings. The molecule has 22 heavy (non-hydrogen) atoms. The predicted molar refractivity (Wildman–Crippen MR) is 65.7 cm³/mol. The van der Waals surface area contributed by atoms with Crippen molar-refractivity contribution in [1.82, 2.24) is 10.3 Å². The lowest BCUT2D eigenvalue weighted by molar-refractivity contribution is -0.201. The summed E-state index contributed by atoms with van der Waals surface area (Å²) in [6.07, 6.45) is -12.6. The summed E-state index contributed by atoms with van der Waals surface area (Å²) in [6, 6.07) is 0.423. The average molecular weight is 396 g/mol. The SMILES string of the molecule is Nc1cc(C(F)(F)F)c(Br)nc1C(=O)NC[C@@H](O)C(F)(F)F. The van der Waals surface area contributed by atoms with E-state index in [1.807, 2.05) is 0 Å². The fourth-order valence-corrected chi connectivity index (χ4v) is 1.79. The highest BCUT2D eigenvalue weighted by atomic mass is 79.9. The van der Waals surface area contributed by atoms with Crippen LogP contribution in [0, 0.1) is 0 Å². The molecule has 1 heterocycles. The van der Waals surface area contributed by atoms with Gasteiger partial charge in [-0.3, -0.25) is 4.79 Å². The van der Waals surface area contributed by atoms with E-state index in [0.717, 1.165) is 0 Å². The molecule has 1 aromatic rings. The van der Waals surface area contributed by atoms with Crippen LogP contribution in [0.15, 0.2) is 10.7 Å². The number of amides is 1. The highest BCUT2D eigenvalue weighted by Gasteiger charge is 2.39. The van der Waals surface area contributed by atoms with Crippen LogP contribution in [-0.4, -0.2) is 34.8 Å². The molecule has 5 nitrogen and oxygen atoms in total. The van der Waals surface area contributed by atoms with E-state index in [1.54, 1.807) is 5.32 Å². The minimum Gasteiger partial charge on any atom is -0.397 e. The number of carbonyl (C=O) groups excluding carboxylic acids is 1. The molecule has 124 valence electrons. The van der Waals surface area contributed by atoms with Gasteiger partial charge in [0.2, 0.25) is 0 Å². The van der Waals surface area contributed by atoms with Crippen LogP contribution in [0.4, 0.5) is 32.0 Å². The quantitative estimate of drug-likeness (QED) is 0.540. The average Bonchev–Trinajstić information content (AvgIpc) is 2.35. The molecule has 0 spiro atoms. The molecule has 0 aromatic carbocycles. The van der Waals surface area contributed by atoms with Gasteiger partial charge in [-0.2, -0.15) is 26.3 Å². The predicted octanol–water partition coefficient (Wildman–Crippen LogP) is 2.10. The van der Waals surface area contributed by atoms with Crippen LogP contribution >= 0.6 is 15.9 Å². The first-order valence-electron chi connectivity index (χ1n) is 5.40. The first-order chi connectivity index (χ1) is 9.84. The fourth-order valence-electron chi connectivity index (χ4n) is 1.28. The number of nitrogen functional groups attached to an aromatic ring is 1. The van der Waals surface area contributed by atoms with E-state index in [-0.39, 0.29) is 0 Å². The molecule has 1 atom stereocenters. The lowest BCUT2D eigenvalue weighted by Gasteiger charge is -2.16. The number of pyridine rings is 1. The number of anilines is 1. The number of aromatic nitrogens is 1. The van der Waals surface area contributed by atoms with Crippen LogP contribution in [0.5, 0.6) is 0 Å². The molecule has 4 N–H and O–H groups in total. The number of hydrogen-bond acceptors (Lipinski definition) is 4.